The van der Waals surface area contributed by atoms with E-state index in [0.29, 0.717) is 17.9 Å². The molecule has 0 spiro atoms. The van der Waals surface area contributed by atoms with Gasteiger partial charge in [-0.1, -0.05) is 12.1 Å². The average molecular weight is 282 g/mol. The fourth-order valence-corrected chi connectivity index (χ4v) is 2.12. The second-order valence-electron chi connectivity index (χ2n) is 4.70. The molecule has 1 aliphatic rings. The number of fused-ring (bicyclic) bond motifs is 1. The highest BCUT2D eigenvalue weighted by Crippen LogP contribution is 2.34. The van der Waals surface area contributed by atoms with Gasteiger partial charge in [-0.2, -0.15) is 5.26 Å². The van der Waals surface area contributed by atoms with E-state index in [1.54, 1.807) is 24.3 Å². The third-order valence-corrected chi connectivity index (χ3v) is 3.30. The first kappa shape index (κ1) is 13.3. The number of aliphatic hydroxyl groups is 1. The molecular formula is C16H14N2O3. The van der Waals surface area contributed by atoms with Crippen LogP contribution in [0.1, 0.15) is 17.2 Å². The zero-order chi connectivity index (χ0) is 14.7. The number of nitriles is 1. The summed E-state index contributed by atoms with van der Waals surface area (Å²) in [6.45, 7) is 0.609. The summed E-state index contributed by atoms with van der Waals surface area (Å²) in [5, 5.41) is 22.0. The van der Waals surface area contributed by atoms with Crippen molar-refractivity contribution in [1.82, 2.24) is 0 Å². The summed E-state index contributed by atoms with van der Waals surface area (Å²) >= 11 is 0. The van der Waals surface area contributed by atoms with Gasteiger partial charge in [-0.05, 0) is 29.8 Å². The molecular weight excluding hydrogens is 268 g/mol. The summed E-state index contributed by atoms with van der Waals surface area (Å²) < 4.78 is 10.5. The van der Waals surface area contributed by atoms with E-state index in [9.17, 15) is 5.11 Å². The number of benzene rings is 2. The van der Waals surface area contributed by atoms with Crippen molar-refractivity contribution >= 4 is 5.69 Å². The maximum atomic E-state index is 10.1. The molecule has 2 aromatic carbocycles. The van der Waals surface area contributed by atoms with Gasteiger partial charge in [0.2, 0.25) is 6.79 Å². The Kier molecular flexibility index (Phi) is 3.63. The summed E-state index contributed by atoms with van der Waals surface area (Å²) in [5.74, 6) is 1.43. The summed E-state index contributed by atoms with van der Waals surface area (Å²) in [7, 11) is 0. The molecule has 1 heterocycles. The molecule has 2 aromatic rings. The number of anilines is 1. The zero-order valence-corrected chi connectivity index (χ0v) is 11.2. The number of nitrogens with zero attached hydrogens (tertiary/aromatic N) is 1. The highest BCUT2D eigenvalue weighted by Gasteiger charge is 2.14. The Morgan fingerprint density at radius 2 is 1.90 bits per heavy atom. The largest absolute Gasteiger partial charge is 0.454 e. The quantitative estimate of drug-likeness (QED) is 0.901. The van der Waals surface area contributed by atoms with Crippen LogP contribution in [0, 0.1) is 11.3 Å². The van der Waals surface area contributed by atoms with Crippen molar-refractivity contribution in [2.24, 2.45) is 0 Å². The topological polar surface area (TPSA) is 74.5 Å². The van der Waals surface area contributed by atoms with Gasteiger partial charge in [-0.3, -0.25) is 0 Å². The minimum Gasteiger partial charge on any atom is -0.454 e. The van der Waals surface area contributed by atoms with E-state index in [4.69, 9.17) is 14.7 Å². The molecule has 1 atom stereocenters. The Balaban J connectivity index is 1.62. The molecule has 21 heavy (non-hydrogen) atoms. The molecule has 0 saturated carbocycles. The van der Waals surface area contributed by atoms with Crippen molar-refractivity contribution in [3.8, 4) is 17.6 Å². The van der Waals surface area contributed by atoms with E-state index in [1.165, 1.54) is 0 Å². The maximum Gasteiger partial charge on any atom is 0.231 e. The lowest BCUT2D eigenvalue weighted by Gasteiger charge is -2.13. The Morgan fingerprint density at radius 3 is 2.67 bits per heavy atom. The highest BCUT2D eigenvalue weighted by atomic mass is 16.7. The first-order chi connectivity index (χ1) is 10.3. The van der Waals surface area contributed by atoms with Gasteiger partial charge in [0.1, 0.15) is 0 Å². The van der Waals surface area contributed by atoms with Crippen LogP contribution in [-0.4, -0.2) is 18.4 Å². The standard InChI is InChI=1S/C16H14N2O3/c17-8-11-1-3-12(4-2-11)14(19)9-18-13-5-6-15-16(7-13)21-10-20-15/h1-7,14,18-19H,9-10H2. The number of nitrogens with one attached hydrogen (secondary N) is 1. The van der Waals surface area contributed by atoms with Crippen LogP contribution in [0.3, 0.4) is 0 Å². The second-order valence-corrected chi connectivity index (χ2v) is 4.70. The number of aliphatic hydroxyl groups excluding tert-OH is 1. The van der Waals surface area contributed by atoms with Gasteiger partial charge < -0.3 is 19.9 Å². The third-order valence-electron chi connectivity index (χ3n) is 3.30. The summed E-state index contributed by atoms with van der Waals surface area (Å²) in [6.07, 6.45) is -0.650. The predicted octanol–water partition coefficient (Wildman–Crippen LogP) is 2.43. The minimum atomic E-state index is -0.650. The molecule has 106 valence electrons. The van der Waals surface area contributed by atoms with Crippen LogP contribution in [0.4, 0.5) is 5.69 Å². The molecule has 2 N–H and O–H groups in total. The van der Waals surface area contributed by atoms with E-state index in [1.807, 2.05) is 18.2 Å². The lowest BCUT2D eigenvalue weighted by Crippen LogP contribution is -2.12. The Hall–Kier alpha value is -2.71. The third kappa shape index (κ3) is 2.91. The Morgan fingerprint density at radius 1 is 1.14 bits per heavy atom. The normalized spacial score (nSPS) is 13.5. The molecule has 1 aliphatic heterocycles. The van der Waals surface area contributed by atoms with E-state index in [2.05, 4.69) is 11.4 Å². The molecule has 3 rings (SSSR count). The van der Waals surface area contributed by atoms with Crippen molar-refractivity contribution in [2.45, 2.75) is 6.10 Å². The molecule has 0 radical (unpaired) electrons. The number of hydrogen-bond acceptors (Lipinski definition) is 5. The molecule has 0 aromatic heterocycles. The molecule has 0 bridgehead atoms. The SMILES string of the molecule is N#Cc1ccc(C(O)CNc2ccc3c(c2)OCO3)cc1. The fraction of sp³-hybridized carbons (Fsp3) is 0.188. The molecule has 0 saturated heterocycles. The number of hydrogen-bond donors (Lipinski definition) is 2. The summed E-state index contributed by atoms with van der Waals surface area (Å²) in [5.41, 5.74) is 2.20. The van der Waals surface area contributed by atoms with Gasteiger partial charge >= 0.3 is 0 Å². The van der Waals surface area contributed by atoms with Crippen molar-refractivity contribution < 1.29 is 14.6 Å². The molecule has 0 amide bonds. The van der Waals surface area contributed by atoms with E-state index in [-0.39, 0.29) is 6.79 Å². The van der Waals surface area contributed by atoms with Crippen molar-refractivity contribution in [3.63, 3.8) is 0 Å². The molecule has 5 heteroatoms. The van der Waals surface area contributed by atoms with Gasteiger partial charge in [-0.25, -0.2) is 0 Å². The van der Waals surface area contributed by atoms with E-state index in [0.717, 1.165) is 17.0 Å². The van der Waals surface area contributed by atoms with Crippen LogP contribution in [0.5, 0.6) is 11.5 Å². The van der Waals surface area contributed by atoms with Gasteiger partial charge in [-0.15, -0.1) is 0 Å². The van der Waals surface area contributed by atoms with Crippen molar-refractivity contribution in [2.75, 3.05) is 18.7 Å². The van der Waals surface area contributed by atoms with Gasteiger partial charge in [0.15, 0.2) is 11.5 Å². The first-order valence-electron chi connectivity index (χ1n) is 6.58. The van der Waals surface area contributed by atoms with E-state index < -0.39 is 6.10 Å². The van der Waals surface area contributed by atoms with Crippen molar-refractivity contribution in [1.29, 1.82) is 5.26 Å². The van der Waals surface area contributed by atoms with Crippen LogP contribution < -0.4 is 14.8 Å². The van der Waals surface area contributed by atoms with Crippen LogP contribution >= 0.6 is 0 Å². The minimum absolute atomic E-state index is 0.243. The number of rotatable bonds is 4. The van der Waals surface area contributed by atoms with Gasteiger partial charge in [0.25, 0.3) is 0 Å². The Labute approximate surface area is 122 Å². The van der Waals surface area contributed by atoms with Crippen LogP contribution in [0.25, 0.3) is 0 Å². The van der Waals surface area contributed by atoms with Crippen LogP contribution in [-0.2, 0) is 0 Å². The molecule has 1 unspecified atom stereocenters. The smallest absolute Gasteiger partial charge is 0.231 e. The van der Waals surface area contributed by atoms with Crippen LogP contribution in [0.2, 0.25) is 0 Å². The van der Waals surface area contributed by atoms with Crippen molar-refractivity contribution in [3.05, 3.63) is 53.6 Å². The zero-order valence-electron chi connectivity index (χ0n) is 11.2. The summed E-state index contributed by atoms with van der Waals surface area (Å²) in [6, 6.07) is 14.5. The maximum absolute atomic E-state index is 10.1. The fourth-order valence-electron chi connectivity index (χ4n) is 2.12. The van der Waals surface area contributed by atoms with Crippen LogP contribution in [0.15, 0.2) is 42.5 Å². The highest BCUT2D eigenvalue weighted by molar-refractivity contribution is 5.55. The van der Waals surface area contributed by atoms with Gasteiger partial charge in [0, 0.05) is 18.3 Å². The second kappa shape index (κ2) is 5.73. The monoisotopic (exact) mass is 282 g/mol. The lowest BCUT2D eigenvalue weighted by molar-refractivity contribution is 0.174. The average Bonchev–Trinajstić information content (AvgIpc) is 3.00. The lowest BCUT2D eigenvalue weighted by atomic mass is 10.1. The summed E-state index contributed by atoms with van der Waals surface area (Å²) in [4.78, 5) is 0. The van der Waals surface area contributed by atoms with Gasteiger partial charge in [0.05, 0.1) is 17.7 Å². The molecule has 0 fully saturated rings. The molecule has 5 nitrogen and oxygen atoms in total. The predicted molar refractivity (Wildman–Crippen MR) is 77.2 cm³/mol. The first-order valence-corrected chi connectivity index (χ1v) is 6.58. The number of ether oxygens (including phenoxy) is 2. The Bertz CT molecular complexity index is 677. The molecule has 0 aliphatic carbocycles. The van der Waals surface area contributed by atoms with E-state index >= 15 is 0 Å².